The van der Waals surface area contributed by atoms with Gasteiger partial charge in [0.15, 0.2) is 0 Å². The molecule has 0 nitrogen and oxygen atoms in total. The van der Waals surface area contributed by atoms with Crippen molar-refractivity contribution < 1.29 is 19.5 Å². The molecule has 0 unspecified atom stereocenters. The van der Waals surface area contributed by atoms with Gasteiger partial charge < -0.3 is 20.3 Å². The zero-order valence-electron chi connectivity index (χ0n) is 16.2. The largest absolute Gasteiger partial charge is 4.00 e. The van der Waals surface area contributed by atoms with Crippen LogP contribution in [0.4, 0.5) is 0 Å². The SMILES string of the molecule is Cc1ccc(C)c2[cH-]ccc12.Cc1ccc(C)c2[cH-]ccc12.[CH2-]C[CH2-].[Ru+4]. The first kappa shape index (κ1) is 22.3. The van der Waals surface area contributed by atoms with E-state index in [1.807, 2.05) is 0 Å². The van der Waals surface area contributed by atoms with Gasteiger partial charge in [0.25, 0.3) is 0 Å². The summed E-state index contributed by atoms with van der Waals surface area (Å²) in [5.41, 5.74) is 5.48. The van der Waals surface area contributed by atoms with Crippen molar-refractivity contribution in [3.63, 3.8) is 0 Å². The average molecular weight is 430 g/mol. The molecule has 0 aliphatic rings. The summed E-state index contributed by atoms with van der Waals surface area (Å²) in [6.07, 6.45) is 0.750. The number of fused-ring (bicyclic) bond motifs is 2. The van der Waals surface area contributed by atoms with E-state index in [2.05, 4.69) is 102 Å². The van der Waals surface area contributed by atoms with Crippen molar-refractivity contribution >= 4 is 21.5 Å². The summed E-state index contributed by atoms with van der Waals surface area (Å²) < 4.78 is 0. The van der Waals surface area contributed by atoms with Gasteiger partial charge in [-0.3, -0.25) is 0 Å². The second-order valence-electron chi connectivity index (χ2n) is 6.46. The van der Waals surface area contributed by atoms with E-state index >= 15 is 0 Å². The Labute approximate surface area is 171 Å². The second kappa shape index (κ2) is 10.4. The Balaban J connectivity index is 0.000000219. The fraction of sp³-hybridized carbons (Fsp3) is 0.200. The third-order valence-corrected chi connectivity index (χ3v) is 4.50. The first-order chi connectivity index (χ1) is 12.0. The van der Waals surface area contributed by atoms with Gasteiger partial charge in [0.05, 0.1) is 0 Å². The molecule has 0 N–H and O–H groups in total. The van der Waals surface area contributed by atoms with Crippen LogP contribution in [0.25, 0.3) is 21.5 Å². The van der Waals surface area contributed by atoms with E-state index in [0.717, 1.165) is 6.42 Å². The zero-order chi connectivity index (χ0) is 18.4. The summed E-state index contributed by atoms with van der Waals surface area (Å²) >= 11 is 0. The van der Waals surface area contributed by atoms with Crippen molar-refractivity contribution in [2.45, 2.75) is 34.1 Å². The van der Waals surface area contributed by atoms with E-state index in [1.54, 1.807) is 0 Å². The Hall–Kier alpha value is -1.72. The number of hydrogen-bond donors (Lipinski definition) is 0. The Kier molecular flexibility index (Phi) is 8.96. The van der Waals surface area contributed by atoms with Gasteiger partial charge in [0.2, 0.25) is 0 Å². The van der Waals surface area contributed by atoms with Crippen molar-refractivity contribution in [2.75, 3.05) is 0 Å². The van der Waals surface area contributed by atoms with E-state index in [0.29, 0.717) is 0 Å². The Morgan fingerprint density at radius 2 is 0.923 bits per heavy atom. The molecular weight excluding hydrogens is 401 g/mol. The molecular formula is C25H28Ru. The minimum absolute atomic E-state index is 0. The van der Waals surface area contributed by atoms with Gasteiger partial charge in [-0.05, 0) is 13.8 Å². The summed E-state index contributed by atoms with van der Waals surface area (Å²) in [5.74, 6) is 0. The quantitative estimate of drug-likeness (QED) is 0.202. The number of hydrogen-bond acceptors (Lipinski definition) is 0. The fourth-order valence-electron chi connectivity index (χ4n) is 3.07. The van der Waals surface area contributed by atoms with Crippen molar-refractivity contribution in [1.82, 2.24) is 0 Å². The van der Waals surface area contributed by atoms with Crippen LogP contribution in [0, 0.1) is 41.5 Å². The van der Waals surface area contributed by atoms with E-state index in [-0.39, 0.29) is 19.5 Å². The van der Waals surface area contributed by atoms with Gasteiger partial charge >= 0.3 is 19.5 Å². The first-order valence-corrected chi connectivity index (χ1v) is 8.81. The second-order valence-corrected chi connectivity index (χ2v) is 6.46. The van der Waals surface area contributed by atoms with Crippen LogP contribution in [0.2, 0.25) is 0 Å². The zero-order valence-corrected chi connectivity index (χ0v) is 18.0. The topological polar surface area (TPSA) is 0 Å². The molecule has 0 heterocycles. The van der Waals surface area contributed by atoms with E-state index in [4.69, 9.17) is 0 Å². The van der Waals surface area contributed by atoms with Crippen molar-refractivity contribution in [3.8, 4) is 0 Å². The van der Waals surface area contributed by atoms with Gasteiger partial charge in [-0.1, -0.05) is 37.1 Å². The van der Waals surface area contributed by atoms with Crippen molar-refractivity contribution in [3.05, 3.63) is 96.8 Å². The molecule has 0 aromatic heterocycles. The summed E-state index contributed by atoms with van der Waals surface area (Å²) in [6, 6.07) is 21.7. The first-order valence-electron chi connectivity index (χ1n) is 8.81. The van der Waals surface area contributed by atoms with Crippen LogP contribution >= 0.6 is 0 Å². The van der Waals surface area contributed by atoms with Crippen molar-refractivity contribution in [2.24, 2.45) is 0 Å². The van der Waals surface area contributed by atoms with Gasteiger partial charge in [-0.2, -0.15) is 24.3 Å². The van der Waals surface area contributed by atoms with Gasteiger partial charge in [-0.25, -0.2) is 0 Å². The van der Waals surface area contributed by atoms with Crippen LogP contribution < -0.4 is 0 Å². The molecule has 0 radical (unpaired) electrons. The summed E-state index contributed by atoms with van der Waals surface area (Å²) in [7, 11) is 0. The minimum Gasteiger partial charge on any atom is -0.372 e. The maximum absolute atomic E-state index is 3.38. The van der Waals surface area contributed by atoms with Crippen LogP contribution in [-0.2, 0) is 19.5 Å². The third kappa shape index (κ3) is 5.15. The molecule has 0 amide bonds. The molecule has 0 fully saturated rings. The van der Waals surface area contributed by atoms with E-state index in [1.165, 1.54) is 43.8 Å². The summed E-state index contributed by atoms with van der Waals surface area (Å²) in [6.45, 7) is 15.4. The average Bonchev–Trinajstić information content (AvgIpc) is 3.26. The molecule has 4 aromatic rings. The maximum Gasteiger partial charge on any atom is 4.00 e. The molecule has 0 saturated heterocycles. The van der Waals surface area contributed by atoms with E-state index in [9.17, 15) is 0 Å². The molecule has 0 aliphatic heterocycles. The van der Waals surface area contributed by atoms with Gasteiger partial charge in [0.1, 0.15) is 0 Å². The fourth-order valence-corrected chi connectivity index (χ4v) is 3.07. The molecule has 0 atom stereocenters. The predicted octanol–water partition coefficient (Wildman–Crippen LogP) is 7.39. The number of benzene rings is 2. The molecule has 0 spiro atoms. The molecule has 4 aromatic carbocycles. The van der Waals surface area contributed by atoms with Crippen LogP contribution in [-0.4, -0.2) is 0 Å². The Morgan fingerprint density at radius 3 is 1.23 bits per heavy atom. The molecule has 136 valence electrons. The van der Waals surface area contributed by atoms with Gasteiger partial charge in [-0.15, -0.1) is 56.9 Å². The molecule has 1 heteroatoms. The van der Waals surface area contributed by atoms with Crippen LogP contribution in [0.5, 0.6) is 0 Å². The minimum atomic E-state index is 0. The Morgan fingerprint density at radius 1 is 0.615 bits per heavy atom. The summed E-state index contributed by atoms with van der Waals surface area (Å²) in [4.78, 5) is 0. The third-order valence-electron chi connectivity index (χ3n) is 4.50. The number of rotatable bonds is 0. The molecule has 26 heavy (non-hydrogen) atoms. The molecule has 0 aliphatic carbocycles. The molecule has 0 bridgehead atoms. The maximum atomic E-state index is 3.38. The Bertz CT molecular complexity index is 787. The van der Waals surface area contributed by atoms with E-state index < -0.39 is 0 Å². The molecule has 4 rings (SSSR count). The van der Waals surface area contributed by atoms with Crippen molar-refractivity contribution in [1.29, 1.82) is 0 Å². The van der Waals surface area contributed by atoms with Gasteiger partial charge in [0, 0.05) is 0 Å². The predicted molar refractivity (Wildman–Crippen MR) is 113 cm³/mol. The standard InChI is InChI=1S/2C11H11.C3H6.Ru/c2*1-8-6-7-9(2)11-5-3-4-10(8)11;1-3-2;/h2*3-7H,1-2H3;1-3H2;/q2*-1;-2;+4. The number of aryl methyl sites for hydroxylation is 4. The molecule has 0 saturated carbocycles. The monoisotopic (exact) mass is 430 g/mol. The normalized spacial score (nSPS) is 9.77. The van der Waals surface area contributed by atoms with Crippen LogP contribution in [0.3, 0.4) is 0 Å². The summed E-state index contributed by atoms with van der Waals surface area (Å²) in [5, 5.41) is 5.57. The smallest absolute Gasteiger partial charge is 0.372 e. The van der Waals surface area contributed by atoms with Crippen LogP contribution in [0.15, 0.2) is 60.7 Å². The van der Waals surface area contributed by atoms with Crippen LogP contribution in [0.1, 0.15) is 28.7 Å².